The fraction of sp³-hybridized carbons (Fsp3) is 0.231. The molecule has 32 heavy (non-hydrogen) atoms. The quantitative estimate of drug-likeness (QED) is 0.331. The maximum atomic E-state index is 13.1. The van der Waals surface area contributed by atoms with Crippen LogP contribution in [0.2, 0.25) is 0 Å². The van der Waals surface area contributed by atoms with Crippen LogP contribution in [-0.2, 0) is 11.2 Å². The molecule has 4 aromatic rings. The fourth-order valence-corrected chi connectivity index (χ4v) is 4.62. The van der Waals surface area contributed by atoms with Gasteiger partial charge in [-0.2, -0.15) is 0 Å². The van der Waals surface area contributed by atoms with E-state index in [2.05, 4.69) is 18.3 Å². The fourth-order valence-electron chi connectivity index (χ4n) is 3.67. The largest absolute Gasteiger partial charge is 0.462 e. The molecule has 0 aliphatic heterocycles. The number of benzene rings is 2. The molecule has 4 rings (SSSR count). The van der Waals surface area contributed by atoms with E-state index in [1.165, 1.54) is 16.9 Å². The van der Waals surface area contributed by atoms with E-state index < -0.39 is 5.97 Å². The molecule has 0 saturated heterocycles. The van der Waals surface area contributed by atoms with Gasteiger partial charge < -0.3 is 14.5 Å². The number of anilines is 1. The molecule has 5 nitrogen and oxygen atoms in total. The number of rotatable bonds is 6. The molecule has 6 heteroatoms. The first-order chi connectivity index (χ1) is 15.4. The van der Waals surface area contributed by atoms with Crippen molar-refractivity contribution in [3.8, 4) is 11.1 Å². The Morgan fingerprint density at radius 1 is 1.06 bits per heavy atom. The maximum Gasteiger partial charge on any atom is 0.341 e. The van der Waals surface area contributed by atoms with Crippen molar-refractivity contribution in [1.82, 2.24) is 0 Å². The van der Waals surface area contributed by atoms with Gasteiger partial charge in [0.2, 0.25) is 0 Å². The Hall–Kier alpha value is -3.38. The van der Waals surface area contributed by atoms with Crippen LogP contribution in [0.25, 0.3) is 22.1 Å². The van der Waals surface area contributed by atoms with Crippen LogP contribution in [-0.4, -0.2) is 18.5 Å². The van der Waals surface area contributed by atoms with Crippen molar-refractivity contribution in [2.75, 3.05) is 11.9 Å². The molecule has 2 aromatic heterocycles. The standard InChI is InChI=1S/C26H25NO4S/c1-5-17-9-12-21-19(13-17)16(4)23(31-21)24(28)27-25-22(26(29)30-6-2)20(14-32-25)18-10-7-15(3)8-11-18/h7-14H,5-6H2,1-4H3,(H,27,28). The van der Waals surface area contributed by atoms with Gasteiger partial charge in [-0.1, -0.05) is 42.8 Å². The molecule has 0 saturated carbocycles. The molecule has 164 valence electrons. The maximum absolute atomic E-state index is 13.1. The minimum absolute atomic E-state index is 0.244. The summed E-state index contributed by atoms with van der Waals surface area (Å²) in [6, 6.07) is 13.8. The lowest BCUT2D eigenvalue weighted by Gasteiger charge is -2.08. The summed E-state index contributed by atoms with van der Waals surface area (Å²) in [5.41, 5.74) is 5.74. The topological polar surface area (TPSA) is 68.5 Å². The van der Waals surface area contributed by atoms with E-state index >= 15 is 0 Å². The van der Waals surface area contributed by atoms with Gasteiger partial charge in [0, 0.05) is 21.9 Å². The van der Waals surface area contributed by atoms with Gasteiger partial charge in [-0.05, 0) is 50.5 Å². The van der Waals surface area contributed by atoms with Crippen LogP contribution >= 0.6 is 11.3 Å². The molecule has 2 heterocycles. The number of hydrogen-bond acceptors (Lipinski definition) is 5. The summed E-state index contributed by atoms with van der Waals surface area (Å²) in [5, 5.41) is 6.12. The van der Waals surface area contributed by atoms with Gasteiger partial charge in [0.15, 0.2) is 5.76 Å². The normalized spacial score (nSPS) is 11.0. The highest BCUT2D eigenvalue weighted by Gasteiger charge is 2.25. The zero-order chi connectivity index (χ0) is 22.8. The van der Waals surface area contributed by atoms with E-state index in [0.29, 0.717) is 16.1 Å². The first kappa shape index (κ1) is 21.8. The molecule has 1 N–H and O–H groups in total. The number of esters is 1. The van der Waals surface area contributed by atoms with E-state index in [0.717, 1.165) is 34.1 Å². The molecule has 0 atom stereocenters. The predicted octanol–water partition coefficient (Wildman–Crippen LogP) is 6.77. The highest BCUT2D eigenvalue weighted by atomic mass is 32.1. The van der Waals surface area contributed by atoms with Gasteiger partial charge in [-0.25, -0.2) is 4.79 Å². The average Bonchev–Trinajstić information content (AvgIpc) is 3.35. The van der Waals surface area contributed by atoms with Gasteiger partial charge in [0.1, 0.15) is 16.1 Å². The second-order valence-corrected chi connectivity index (χ2v) is 8.51. The zero-order valence-electron chi connectivity index (χ0n) is 18.6. The number of ether oxygens (including phenoxy) is 1. The smallest absolute Gasteiger partial charge is 0.341 e. The molecule has 0 aliphatic rings. The van der Waals surface area contributed by atoms with Gasteiger partial charge in [0.25, 0.3) is 5.91 Å². The summed E-state index contributed by atoms with van der Waals surface area (Å²) in [5.74, 6) is -0.610. The van der Waals surface area contributed by atoms with Crippen LogP contribution in [0.3, 0.4) is 0 Å². The van der Waals surface area contributed by atoms with Crippen LogP contribution in [0.15, 0.2) is 52.3 Å². The third kappa shape index (κ3) is 4.06. The minimum Gasteiger partial charge on any atom is -0.462 e. The Kier molecular flexibility index (Phi) is 6.15. The van der Waals surface area contributed by atoms with Crippen molar-refractivity contribution in [3.05, 3.63) is 75.9 Å². The van der Waals surface area contributed by atoms with Gasteiger partial charge in [0.05, 0.1) is 6.61 Å². The van der Waals surface area contributed by atoms with Crippen LogP contribution in [0.1, 0.15) is 51.5 Å². The molecule has 1 amide bonds. The number of nitrogens with one attached hydrogen (secondary N) is 1. The highest BCUT2D eigenvalue weighted by Crippen LogP contribution is 2.37. The second kappa shape index (κ2) is 9.01. The summed E-state index contributed by atoms with van der Waals surface area (Å²) < 4.78 is 11.2. The molecule has 0 radical (unpaired) electrons. The Morgan fingerprint density at radius 2 is 1.81 bits per heavy atom. The Bertz CT molecular complexity index is 1300. The van der Waals surface area contributed by atoms with Crippen LogP contribution in [0, 0.1) is 13.8 Å². The predicted molar refractivity (Wildman–Crippen MR) is 129 cm³/mol. The summed E-state index contributed by atoms with van der Waals surface area (Å²) in [7, 11) is 0. The van der Waals surface area contributed by atoms with E-state index in [9.17, 15) is 9.59 Å². The Balaban J connectivity index is 1.72. The van der Waals surface area contributed by atoms with E-state index in [-0.39, 0.29) is 18.3 Å². The van der Waals surface area contributed by atoms with Crippen molar-refractivity contribution in [2.24, 2.45) is 0 Å². The monoisotopic (exact) mass is 447 g/mol. The number of hydrogen-bond donors (Lipinski definition) is 1. The van der Waals surface area contributed by atoms with Gasteiger partial charge in [-0.3, -0.25) is 4.79 Å². The lowest BCUT2D eigenvalue weighted by atomic mass is 10.0. The third-order valence-corrected chi connectivity index (χ3v) is 6.37. The molecule has 0 fully saturated rings. The van der Waals surface area contributed by atoms with Crippen molar-refractivity contribution in [2.45, 2.75) is 34.1 Å². The first-order valence-corrected chi connectivity index (χ1v) is 11.5. The first-order valence-electron chi connectivity index (χ1n) is 10.6. The summed E-state index contributed by atoms with van der Waals surface area (Å²) in [6.07, 6.45) is 0.905. The number of thiophene rings is 1. The zero-order valence-corrected chi connectivity index (χ0v) is 19.4. The number of furan rings is 1. The van der Waals surface area contributed by atoms with Crippen LogP contribution in [0.5, 0.6) is 0 Å². The number of fused-ring (bicyclic) bond motifs is 1. The number of amides is 1. The van der Waals surface area contributed by atoms with Crippen LogP contribution < -0.4 is 5.32 Å². The lowest BCUT2D eigenvalue weighted by molar-refractivity contribution is 0.0529. The number of carbonyl (C=O) groups excluding carboxylic acids is 2. The third-order valence-electron chi connectivity index (χ3n) is 5.48. The minimum atomic E-state index is -0.464. The molecule has 0 unspecified atom stereocenters. The van der Waals surface area contributed by atoms with E-state index in [4.69, 9.17) is 9.15 Å². The summed E-state index contributed by atoms with van der Waals surface area (Å²) >= 11 is 1.30. The lowest BCUT2D eigenvalue weighted by Crippen LogP contribution is -2.15. The number of carbonyl (C=O) groups is 2. The van der Waals surface area contributed by atoms with E-state index in [1.807, 2.05) is 55.6 Å². The van der Waals surface area contributed by atoms with Crippen LogP contribution in [0.4, 0.5) is 5.00 Å². The summed E-state index contributed by atoms with van der Waals surface area (Å²) in [6.45, 7) is 7.98. The Morgan fingerprint density at radius 3 is 2.50 bits per heavy atom. The van der Waals surface area contributed by atoms with Gasteiger partial charge >= 0.3 is 5.97 Å². The molecular weight excluding hydrogens is 422 g/mol. The molecule has 2 aromatic carbocycles. The van der Waals surface area contributed by atoms with Crippen molar-refractivity contribution in [3.63, 3.8) is 0 Å². The van der Waals surface area contributed by atoms with E-state index in [1.54, 1.807) is 6.92 Å². The number of aryl methyl sites for hydroxylation is 3. The Labute approximate surface area is 191 Å². The molecule has 0 aliphatic carbocycles. The van der Waals surface area contributed by atoms with Crippen molar-refractivity contribution in [1.29, 1.82) is 0 Å². The van der Waals surface area contributed by atoms with Gasteiger partial charge in [-0.15, -0.1) is 11.3 Å². The summed E-state index contributed by atoms with van der Waals surface area (Å²) in [4.78, 5) is 25.9. The van der Waals surface area contributed by atoms with Crippen molar-refractivity contribution >= 4 is 39.2 Å². The molecule has 0 bridgehead atoms. The van der Waals surface area contributed by atoms with Crippen molar-refractivity contribution < 1.29 is 18.7 Å². The molecular formula is C26H25NO4S. The highest BCUT2D eigenvalue weighted by molar-refractivity contribution is 7.15. The average molecular weight is 448 g/mol. The molecule has 0 spiro atoms. The second-order valence-electron chi connectivity index (χ2n) is 7.63. The SMILES string of the molecule is CCOC(=O)c1c(-c2ccc(C)cc2)csc1NC(=O)c1oc2ccc(CC)cc2c1C.